The van der Waals surface area contributed by atoms with Gasteiger partial charge in [-0.15, -0.1) is 0 Å². The van der Waals surface area contributed by atoms with Gasteiger partial charge in [-0.1, -0.05) is 30.7 Å². The molecule has 0 amide bonds. The Morgan fingerprint density at radius 3 is 2.43 bits per heavy atom. The second-order valence-corrected chi connectivity index (χ2v) is 5.90. The summed E-state index contributed by atoms with van der Waals surface area (Å²) in [5, 5.41) is 4.19. The number of hydrogen-bond acceptors (Lipinski definition) is 3. The number of ether oxygens (including phenoxy) is 1. The molecule has 0 heterocycles. The van der Waals surface area contributed by atoms with Gasteiger partial charge in [-0.05, 0) is 44.5 Å². The maximum atomic E-state index is 5.96. The SMILES string of the molecule is CCC(C)N(CCOC)CCC(NC)c1ccc(Cl)cc1. The Bertz CT molecular complexity index is 383. The van der Waals surface area contributed by atoms with E-state index in [0.29, 0.717) is 12.1 Å². The third kappa shape index (κ3) is 6.35. The summed E-state index contributed by atoms with van der Waals surface area (Å²) in [4.78, 5) is 2.50. The van der Waals surface area contributed by atoms with Crippen molar-refractivity contribution >= 4 is 11.6 Å². The first kappa shape index (κ1) is 18.4. The Morgan fingerprint density at radius 1 is 1.24 bits per heavy atom. The molecule has 0 spiro atoms. The molecule has 0 aromatic heterocycles. The topological polar surface area (TPSA) is 24.5 Å². The van der Waals surface area contributed by atoms with Crippen LogP contribution in [0.5, 0.6) is 0 Å². The maximum Gasteiger partial charge on any atom is 0.0589 e. The number of nitrogens with zero attached hydrogens (tertiary/aromatic N) is 1. The highest BCUT2D eigenvalue weighted by molar-refractivity contribution is 6.30. The van der Waals surface area contributed by atoms with Gasteiger partial charge >= 0.3 is 0 Å². The molecule has 0 aliphatic carbocycles. The van der Waals surface area contributed by atoms with Gasteiger partial charge in [-0.2, -0.15) is 0 Å². The Labute approximate surface area is 134 Å². The zero-order valence-corrected chi connectivity index (χ0v) is 14.5. The Morgan fingerprint density at radius 2 is 1.90 bits per heavy atom. The highest BCUT2D eigenvalue weighted by Gasteiger charge is 2.15. The minimum Gasteiger partial charge on any atom is -0.383 e. The lowest BCUT2D eigenvalue weighted by Crippen LogP contribution is -2.37. The van der Waals surface area contributed by atoms with Crippen molar-refractivity contribution in [2.45, 2.75) is 38.8 Å². The van der Waals surface area contributed by atoms with Crippen LogP contribution in [-0.2, 0) is 4.74 Å². The average Bonchev–Trinajstić information content (AvgIpc) is 2.51. The summed E-state index contributed by atoms with van der Waals surface area (Å²) in [6.45, 7) is 7.36. The van der Waals surface area contributed by atoms with E-state index in [1.807, 2.05) is 19.2 Å². The van der Waals surface area contributed by atoms with Crippen LogP contribution in [0.25, 0.3) is 0 Å². The van der Waals surface area contributed by atoms with Crippen molar-refractivity contribution in [3.8, 4) is 0 Å². The minimum absolute atomic E-state index is 0.358. The van der Waals surface area contributed by atoms with Gasteiger partial charge in [0.2, 0.25) is 0 Å². The normalized spacial score (nSPS) is 14.4. The highest BCUT2D eigenvalue weighted by atomic mass is 35.5. The van der Waals surface area contributed by atoms with Gasteiger partial charge in [0.15, 0.2) is 0 Å². The van der Waals surface area contributed by atoms with Crippen LogP contribution in [0.3, 0.4) is 0 Å². The predicted molar refractivity (Wildman–Crippen MR) is 91.1 cm³/mol. The van der Waals surface area contributed by atoms with Gasteiger partial charge < -0.3 is 10.1 Å². The molecule has 2 unspecified atom stereocenters. The number of benzene rings is 1. The molecule has 0 saturated carbocycles. The van der Waals surface area contributed by atoms with Crippen molar-refractivity contribution in [1.29, 1.82) is 0 Å². The predicted octanol–water partition coefficient (Wildman–Crippen LogP) is 3.74. The molecule has 0 bridgehead atoms. The summed E-state index contributed by atoms with van der Waals surface area (Å²) >= 11 is 5.96. The van der Waals surface area contributed by atoms with Gasteiger partial charge in [-0.3, -0.25) is 4.90 Å². The van der Waals surface area contributed by atoms with E-state index in [0.717, 1.165) is 37.6 Å². The zero-order valence-electron chi connectivity index (χ0n) is 13.7. The van der Waals surface area contributed by atoms with Crippen molar-refractivity contribution in [2.75, 3.05) is 33.9 Å². The molecule has 1 aromatic rings. The Kier molecular flexibility index (Phi) is 8.93. The first-order chi connectivity index (χ1) is 10.1. The fourth-order valence-corrected chi connectivity index (χ4v) is 2.61. The molecule has 2 atom stereocenters. The molecule has 1 N–H and O–H groups in total. The van der Waals surface area contributed by atoms with E-state index < -0.39 is 0 Å². The van der Waals surface area contributed by atoms with Crippen LogP contribution in [0.1, 0.15) is 38.3 Å². The van der Waals surface area contributed by atoms with Crippen LogP contribution in [0.15, 0.2) is 24.3 Å². The molecule has 21 heavy (non-hydrogen) atoms. The molecule has 0 fully saturated rings. The van der Waals surface area contributed by atoms with E-state index >= 15 is 0 Å². The monoisotopic (exact) mass is 312 g/mol. The van der Waals surface area contributed by atoms with Gasteiger partial charge in [0.05, 0.1) is 6.61 Å². The molecule has 3 nitrogen and oxygen atoms in total. The molecule has 0 saturated heterocycles. The number of nitrogens with one attached hydrogen (secondary N) is 1. The van der Waals surface area contributed by atoms with E-state index in [1.165, 1.54) is 5.56 Å². The third-order valence-corrected chi connectivity index (χ3v) is 4.37. The second-order valence-electron chi connectivity index (χ2n) is 5.47. The fraction of sp³-hybridized carbons (Fsp3) is 0.647. The van der Waals surface area contributed by atoms with Crippen molar-refractivity contribution < 1.29 is 4.74 Å². The Balaban J connectivity index is 2.60. The lowest BCUT2D eigenvalue weighted by atomic mass is 10.0. The fourth-order valence-electron chi connectivity index (χ4n) is 2.49. The van der Waals surface area contributed by atoms with E-state index in [2.05, 4.69) is 36.2 Å². The summed E-state index contributed by atoms with van der Waals surface area (Å²) < 4.78 is 5.23. The van der Waals surface area contributed by atoms with E-state index in [4.69, 9.17) is 16.3 Å². The lowest BCUT2D eigenvalue weighted by Gasteiger charge is -2.30. The molecule has 1 aromatic carbocycles. The second kappa shape index (κ2) is 10.2. The van der Waals surface area contributed by atoms with E-state index in [1.54, 1.807) is 7.11 Å². The summed E-state index contributed by atoms with van der Waals surface area (Å²) in [6, 6.07) is 9.06. The van der Waals surface area contributed by atoms with E-state index in [-0.39, 0.29) is 0 Å². The summed E-state index contributed by atoms with van der Waals surface area (Å²) in [6.07, 6.45) is 2.24. The molecule has 0 aliphatic rings. The summed E-state index contributed by atoms with van der Waals surface area (Å²) in [5.41, 5.74) is 1.29. The molecular weight excluding hydrogens is 284 g/mol. The van der Waals surface area contributed by atoms with Gasteiger partial charge in [-0.25, -0.2) is 0 Å². The smallest absolute Gasteiger partial charge is 0.0589 e. The first-order valence-corrected chi connectivity index (χ1v) is 8.15. The zero-order chi connectivity index (χ0) is 15.7. The molecule has 4 heteroatoms. The van der Waals surface area contributed by atoms with Gasteiger partial charge in [0.25, 0.3) is 0 Å². The number of methoxy groups -OCH3 is 1. The van der Waals surface area contributed by atoms with Crippen molar-refractivity contribution in [2.24, 2.45) is 0 Å². The molecule has 0 radical (unpaired) electrons. The van der Waals surface area contributed by atoms with Gasteiger partial charge in [0.1, 0.15) is 0 Å². The molecule has 0 aliphatic heterocycles. The standard InChI is InChI=1S/C17H29ClN2O/c1-5-14(2)20(12-13-21-4)11-10-17(19-3)15-6-8-16(18)9-7-15/h6-9,14,17,19H,5,10-13H2,1-4H3. The number of rotatable bonds is 10. The quantitative estimate of drug-likeness (QED) is 0.712. The summed E-state index contributed by atoms with van der Waals surface area (Å²) in [7, 11) is 3.78. The largest absolute Gasteiger partial charge is 0.383 e. The van der Waals surface area contributed by atoms with Gasteiger partial charge in [0, 0.05) is 37.3 Å². The average molecular weight is 313 g/mol. The molecular formula is C17H29ClN2O. The maximum absolute atomic E-state index is 5.96. The van der Waals surface area contributed by atoms with Crippen LogP contribution < -0.4 is 5.32 Å². The highest BCUT2D eigenvalue weighted by Crippen LogP contribution is 2.20. The minimum atomic E-state index is 0.358. The number of hydrogen-bond donors (Lipinski definition) is 1. The van der Waals surface area contributed by atoms with Crippen molar-refractivity contribution in [3.63, 3.8) is 0 Å². The van der Waals surface area contributed by atoms with Crippen molar-refractivity contribution in [3.05, 3.63) is 34.9 Å². The van der Waals surface area contributed by atoms with E-state index in [9.17, 15) is 0 Å². The first-order valence-electron chi connectivity index (χ1n) is 7.78. The lowest BCUT2D eigenvalue weighted by molar-refractivity contribution is 0.119. The summed E-state index contributed by atoms with van der Waals surface area (Å²) in [5.74, 6) is 0. The van der Waals surface area contributed by atoms with Crippen LogP contribution in [0.2, 0.25) is 5.02 Å². The Hall–Kier alpha value is -0.610. The van der Waals surface area contributed by atoms with Crippen LogP contribution >= 0.6 is 11.6 Å². The molecule has 1 rings (SSSR count). The number of halogens is 1. The molecule has 120 valence electrons. The third-order valence-electron chi connectivity index (χ3n) is 4.12. The van der Waals surface area contributed by atoms with Crippen molar-refractivity contribution in [1.82, 2.24) is 10.2 Å². The van der Waals surface area contributed by atoms with Crippen LogP contribution in [-0.4, -0.2) is 44.8 Å². The van der Waals surface area contributed by atoms with Crippen LogP contribution in [0.4, 0.5) is 0 Å². The van der Waals surface area contributed by atoms with Crippen LogP contribution in [0, 0.1) is 0 Å².